The van der Waals surface area contributed by atoms with Crippen LogP contribution in [0.5, 0.6) is 11.5 Å². The molecule has 2 aromatic carbocycles. The molecule has 0 unspecified atom stereocenters. The van der Waals surface area contributed by atoms with Crippen molar-refractivity contribution in [3.63, 3.8) is 0 Å². The topological polar surface area (TPSA) is 77.7 Å². The predicted molar refractivity (Wildman–Crippen MR) is 103 cm³/mol. The zero-order chi connectivity index (χ0) is 22.0. The van der Waals surface area contributed by atoms with Crippen molar-refractivity contribution in [2.24, 2.45) is 0 Å². The van der Waals surface area contributed by atoms with E-state index >= 15 is 0 Å². The van der Waals surface area contributed by atoms with Crippen molar-refractivity contribution < 1.29 is 32.0 Å². The summed E-state index contributed by atoms with van der Waals surface area (Å²) in [4.78, 5) is 17.8. The van der Waals surface area contributed by atoms with E-state index in [1.807, 2.05) is 0 Å². The van der Waals surface area contributed by atoms with Gasteiger partial charge in [0, 0.05) is 24.1 Å². The molecule has 1 fully saturated rings. The van der Waals surface area contributed by atoms with Crippen molar-refractivity contribution in [2.45, 2.75) is 18.7 Å². The SMILES string of the molecule is COc1cccc(C(=O)N2CC[C@H](Oc3ccc(-c4noc(C(F)(F)F)n4)cc3)C2)c1. The largest absolute Gasteiger partial charge is 0.497 e. The molecule has 0 aliphatic carbocycles. The van der Waals surface area contributed by atoms with E-state index in [0.29, 0.717) is 42.1 Å². The van der Waals surface area contributed by atoms with E-state index < -0.39 is 12.1 Å². The summed E-state index contributed by atoms with van der Waals surface area (Å²) in [6.45, 7) is 0.986. The lowest BCUT2D eigenvalue weighted by atomic mass is 10.2. The lowest BCUT2D eigenvalue weighted by molar-refractivity contribution is -0.159. The van der Waals surface area contributed by atoms with Crippen LogP contribution < -0.4 is 9.47 Å². The van der Waals surface area contributed by atoms with Crippen LogP contribution in [0, 0.1) is 0 Å². The summed E-state index contributed by atoms with van der Waals surface area (Å²) < 4.78 is 53.1. The molecule has 0 N–H and O–H groups in total. The van der Waals surface area contributed by atoms with Gasteiger partial charge in [0.05, 0.1) is 13.7 Å². The van der Waals surface area contributed by atoms with Crippen LogP contribution in [-0.2, 0) is 6.18 Å². The molecule has 7 nitrogen and oxygen atoms in total. The van der Waals surface area contributed by atoms with Crippen LogP contribution in [0.15, 0.2) is 53.1 Å². The van der Waals surface area contributed by atoms with Crippen LogP contribution in [0.2, 0.25) is 0 Å². The first kappa shape index (κ1) is 20.7. The maximum atomic E-state index is 12.7. The monoisotopic (exact) mass is 433 g/mol. The molecule has 162 valence electrons. The number of alkyl halides is 3. The van der Waals surface area contributed by atoms with Crippen molar-refractivity contribution in [1.82, 2.24) is 15.0 Å². The van der Waals surface area contributed by atoms with Gasteiger partial charge in [-0.2, -0.15) is 18.2 Å². The number of hydrogen-bond donors (Lipinski definition) is 0. The van der Waals surface area contributed by atoms with Crippen molar-refractivity contribution in [1.29, 1.82) is 0 Å². The quantitative estimate of drug-likeness (QED) is 0.604. The Kier molecular flexibility index (Phi) is 5.53. The highest BCUT2D eigenvalue weighted by Crippen LogP contribution is 2.30. The van der Waals surface area contributed by atoms with Gasteiger partial charge in [0.2, 0.25) is 5.82 Å². The van der Waals surface area contributed by atoms with Crippen LogP contribution in [0.25, 0.3) is 11.4 Å². The molecule has 1 amide bonds. The molecule has 1 aliphatic heterocycles. The normalized spacial score (nSPS) is 16.4. The Morgan fingerprint density at radius 3 is 2.61 bits per heavy atom. The van der Waals surface area contributed by atoms with Gasteiger partial charge in [0.1, 0.15) is 17.6 Å². The zero-order valence-electron chi connectivity index (χ0n) is 16.4. The smallest absolute Gasteiger partial charge is 0.471 e. The first-order valence-corrected chi connectivity index (χ1v) is 9.45. The zero-order valence-corrected chi connectivity index (χ0v) is 16.4. The Morgan fingerprint density at radius 1 is 1.16 bits per heavy atom. The van der Waals surface area contributed by atoms with E-state index in [-0.39, 0.29) is 17.8 Å². The van der Waals surface area contributed by atoms with Crippen molar-refractivity contribution in [3.8, 4) is 22.9 Å². The Labute approximate surface area is 175 Å². The summed E-state index contributed by atoms with van der Waals surface area (Å²) in [5.41, 5.74) is 0.913. The average molecular weight is 433 g/mol. The number of hydrogen-bond acceptors (Lipinski definition) is 6. The molecule has 31 heavy (non-hydrogen) atoms. The Bertz CT molecular complexity index is 1070. The number of amides is 1. The highest BCUT2D eigenvalue weighted by Gasteiger charge is 2.38. The van der Waals surface area contributed by atoms with Crippen LogP contribution in [-0.4, -0.2) is 47.3 Å². The number of carbonyl (C=O) groups excluding carboxylic acids is 1. The molecule has 1 aliphatic rings. The van der Waals surface area contributed by atoms with Gasteiger partial charge in [-0.3, -0.25) is 4.79 Å². The molecule has 3 aromatic rings. The van der Waals surface area contributed by atoms with E-state index in [1.165, 1.54) is 0 Å². The predicted octanol–water partition coefficient (Wildman–Crippen LogP) is 4.06. The summed E-state index contributed by atoms with van der Waals surface area (Å²) in [6.07, 6.45) is -4.22. The van der Waals surface area contributed by atoms with Crippen molar-refractivity contribution >= 4 is 5.91 Å². The minimum Gasteiger partial charge on any atom is -0.497 e. The number of methoxy groups -OCH3 is 1. The van der Waals surface area contributed by atoms with Crippen LogP contribution in [0.1, 0.15) is 22.7 Å². The first-order chi connectivity index (χ1) is 14.8. The number of benzene rings is 2. The fraction of sp³-hybridized carbons (Fsp3) is 0.286. The molecule has 4 rings (SSSR count). The number of ether oxygens (including phenoxy) is 2. The summed E-state index contributed by atoms with van der Waals surface area (Å²) in [5.74, 6) is -0.506. The van der Waals surface area contributed by atoms with E-state index in [0.717, 1.165) is 0 Å². The minimum absolute atomic E-state index is 0.0991. The van der Waals surface area contributed by atoms with Gasteiger partial charge in [0.25, 0.3) is 5.91 Å². The third-order valence-corrected chi connectivity index (χ3v) is 4.83. The molecule has 1 saturated heterocycles. The molecule has 2 heterocycles. The van der Waals surface area contributed by atoms with Crippen LogP contribution in [0.3, 0.4) is 0 Å². The third kappa shape index (κ3) is 4.62. The van der Waals surface area contributed by atoms with Crippen LogP contribution >= 0.6 is 0 Å². The first-order valence-electron chi connectivity index (χ1n) is 9.45. The van der Waals surface area contributed by atoms with E-state index in [2.05, 4.69) is 14.7 Å². The summed E-state index contributed by atoms with van der Waals surface area (Å²) in [6, 6.07) is 13.3. The third-order valence-electron chi connectivity index (χ3n) is 4.83. The number of nitrogens with zero attached hydrogens (tertiary/aromatic N) is 3. The van der Waals surface area contributed by atoms with Gasteiger partial charge in [-0.15, -0.1) is 0 Å². The maximum absolute atomic E-state index is 12.7. The second-order valence-electron chi connectivity index (χ2n) is 6.96. The number of likely N-dealkylation sites (tertiary alicyclic amines) is 1. The Morgan fingerprint density at radius 2 is 1.94 bits per heavy atom. The number of halogens is 3. The van der Waals surface area contributed by atoms with Gasteiger partial charge in [-0.1, -0.05) is 11.2 Å². The van der Waals surface area contributed by atoms with Crippen molar-refractivity contribution in [2.75, 3.05) is 20.2 Å². The average Bonchev–Trinajstić information content (AvgIpc) is 3.44. The standard InChI is InChI=1S/C21H18F3N3O4/c1-29-16-4-2-3-14(11-16)19(28)27-10-9-17(12-27)30-15-7-5-13(6-8-15)18-25-20(31-26-18)21(22,23)24/h2-8,11,17H,9-10,12H2,1H3/t17-/m0/s1. The second kappa shape index (κ2) is 8.29. The van der Waals surface area contributed by atoms with Crippen LogP contribution in [0.4, 0.5) is 13.2 Å². The molecular formula is C21H18F3N3O4. The number of rotatable bonds is 5. The maximum Gasteiger partial charge on any atom is 0.471 e. The molecule has 10 heteroatoms. The number of aromatic nitrogens is 2. The lowest BCUT2D eigenvalue weighted by Crippen LogP contribution is -2.30. The van der Waals surface area contributed by atoms with E-state index in [9.17, 15) is 18.0 Å². The molecule has 0 spiro atoms. The van der Waals surface area contributed by atoms with Crippen molar-refractivity contribution in [3.05, 3.63) is 60.0 Å². The molecular weight excluding hydrogens is 415 g/mol. The fourth-order valence-electron chi connectivity index (χ4n) is 3.28. The van der Waals surface area contributed by atoms with E-state index in [1.54, 1.807) is 60.5 Å². The van der Waals surface area contributed by atoms with Gasteiger partial charge in [0.15, 0.2) is 0 Å². The molecule has 0 radical (unpaired) electrons. The minimum atomic E-state index is -4.69. The lowest BCUT2D eigenvalue weighted by Gasteiger charge is -2.17. The Hall–Kier alpha value is -3.56. The second-order valence-corrected chi connectivity index (χ2v) is 6.96. The van der Waals surface area contributed by atoms with Gasteiger partial charge < -0.3 is 18.9 Å². The molecule has 0 saturated carbocycles. The summed E-state index contributed by atoms with van der Waals surface area (Å²) >= 11 is 0. The highest BCUT2D eigenvalue weighted by molar-refractivity contribution is 5.94. The summed E-state index contributed by atoms with van der Waals surface area (Å²) in [5, 5.41) is 3.36. The molecule has 0 bridgehead atoms. The van der Waals surface area contributed by atoms with Gasteiger partial charge >= 0.3 is 12.1 Å². The Balaban J connectivity index is 1.37. The highest BCUT2D eigenvalue weighted by atomic mass is 19.4. The van der Waals surface area contributed by atoms with E-state index in [4.69, 9.17) is 9.47 Å². The molecule has 1 aromatic heterocycles. The number of carbonyl (C=O) groups is 1. The molecule has 1 atom stereocenters. The summed E-state index contributed by atoms with van der Waals surface area (Å²) in [7, 11) is 1.54. The van der Waals surface area contributed by atoms with Gasteiger partial charge in [-0.05, 0) is 42.5 Å². The van der Waals surface area contributed by atoms with Gasteiger partial charge in [-0.25, -0.2) is 0 Å². The fourth-order valence-corrected chi connectivity index (χ4v) is 3.28.